The normalized spacial score (nSPS) is 19.4. The molecule has 0 aliphatic carbocycles. The van der Waals surface area contributed by atoms with Crippen molar-refractivity contribution in [2.24, 2.45) is 7.05 Å². The van der Waals surface area contributed by atoms with Crippen LogP contribution in [0.4, 0.5) is 0 Å². The van der Waals surface area contributed by atoms with Crippen molar-refractivity contribution in [1.82, 2.24) is 15.1 Å². The van der Waals surface area contributed by atoms with Crippen LogP contribution in [0.1, 0.15) is 24.2 Å². The van der Waals surface area contributed by atoms with Gasteiger partial charge in [-0.2, -0.15) is 5.10 Å². The summed E-state index contributed by atoms with van der Waals surface area (Å²) >= 11 is 0. The van der Waals surface area contributed by atoms with E-state index in [1.165, 1.54) is 11.3 Å². The largest absolute Gasteiger partial charge is 0.378 e. The first-order chi connectivity index (χ1) is 6.68. The Hall–Kier alpha value is -0.870. The highest BCUT2D eigenvalue weighted by atomic mass is 16.5. The molecule has 14 heavy (non-hydrogen) atoms. The van der Waals surface area contributed by atoms with Gasteiger partial charge in [0.15, 0.2) is 0 Å². The molecule has 0 spiro atoms. The van der Waals surface area contributed by atoms with Crippen LogP contribution in [0.2, 0.25) is 0 Å². The Bertz CT molecular complexity index is 317. The number of hydrogen-bond donors (Lipinski definition) is 1. The Labute approximate surface area is 84.3 Å². The van der Waals surface area contributed by atoms with E-state index in [0.29, 0.717) is 12.1 Å². The fourth-order valence-electron chi connectivity index (χ4n) is 1.72. The smallest absolute Gasteiger partial charge is 0.0643 e. The van der Waals surface area contributed by atoms with Crippen LogP contribution in [0.3, 0.4) is 0 Å². The van der Waals surface area contributed by atoms with E-state index in [-0.39, 0.29) is 0 Å². The molecule has 0 bridgehead atoms. The first-order valence-corrected chi connectivity index (χ1v) is 5.00. The molecule has 2 rings (SSSR count). The molecule has 1 atom stereocenters. The van der Waals surface area contributed by atoms with Gasteiger partial charge in [0.2, 0.25) is 0 Å². The zero-order valence-corrected chi connectivity index (χ0v) is 8.95. The molecule has 1 aliphatic heterocycles. The average Bonchev–Trinajstić information content (AvgIpc) is 2.41. The third kappa shape index (κ3) is 1.67. The molecular formula is C10H17N3O. The summed E-state index contributed by atoms with van der Waals surface area (Å²) < 4.78 is 7.03. The molecule has 0 saturated carbocycles. The predicted octanol–water partition coefficient (Wildman–Crippen LogP) is 0.778. The number of hydrogen-bond acceptors (Lipinski definition) is 3. The zero-order chi connectivity index (χ0) is 10.1. The second kappa shape index (κ2) is 3.71. The number of ether oxygens (including phenoxy) is 1. The van der Waals surface area contributed by atoms with E-state index in [1.54, 1.807) is 0 Å². The molecule has 4 heteroatoms. The Kier molecular flexibility index (Phi) is 2.56. The molecule has 4 nitrogen and oxygen atoms in total. The molecule has 1 unspecified atom stereocenters. The van der Waals surface area contributed by atoms with Crippen LogP contribution >= 0.6 is 0 Å². The van der Waals surface area contributed by atoms with E-state index in [1.807, 2.05) is 17.9 Å². The van der Waals surface area contributed by atoms with Gasteiger partial charge in [0.1, 0.15) is 0 Å². The molecule has 1 fully saturated rings. The van der Waals surface area contributed by atoms with Crippen LogP contribution in [0.25, 0.3) is 0 Å². The summed E-state index contributed by atoms with van der Waals surface area (Å²) in [4.78, 5) is 0. The van der Waals surface area contributed by atoms with E-state index in [0.717, 1.165) is 13.2 Å². The average molecular weight is 195 g/mol. The van der Waals surface area contributed by atoms with Gasteiger partial charge >= 0.3 is 0 Å². The van der Waals surface area contributed by atoms with Crippen LogP contribution in [0.5, 0.6) is 0 Å². The SMILES string of the molecule is Cc1c(C(C)NC2COC2)cnn1C. The molecule has 1 aromatic rings. The Morgan fingerprint density at radius 3 is 2.79 bits per heavy atom. The predicted molar refractivity (Wildman–Crippen MR) is 54.1 cm³/mol. The minimum atomic E-state index is 0.359. The van der Waals surface area contributed by atoms with Crippen molar-refractivity contribution in [3.8, 4) is 0 Å². The first kappa shape index (κ1) is 9.68. The van der Waals surface area contributed by atoms with Crippen LogP contribution in [0, 0.1) is 6.92 Å². The summed E-state index contributed by atoms with van der Waals surface area (Å²) in [5, 5.41) is 7.74. The summed E-state index contributed by atoms with van der Waals surface area (Å²) in [7, 11) is 1.97. The van der Waals surface area contributed by atoms with Gasteiger partial charge in [-0.1, -0.05) is 0 Å². The van der Waals surface area contributed by atoms with Gasteiger partial charge in [-0.15, -0.1) is 0 Å². The number of aryl methyl sites for hydroxylation is 1. The molecule has 0 amide bonds. The molecule has 1 aliphatic rings. The van der Waals surface area contributed by atoms with E-state index >= 15 is 0 Å². The zero-order valence-electron chi connectivity index (χ0n) is 8.95. The Morgan fingerprint density at radius 2 is 2.36 bits per heavy atom. The lowest BCUT2D eigenvalue weighted by Crippen LogP contribution is -2.46. The molecular weight excluding hydrogens is 178 g/mol. The molecule has 78 valence electrons. The van der Waals surface area contributed by atoms with Crippen molar-refractivity contribution in [3.05, 3.63) is 17.5 Å². The molecule has 1 saturated heterocycles. The highest BCUT2D eigenvalue weighted by Crippen LogP contribution is 2.17. The maximum Gasteiger partial charge on any atom is 0.0643 e. The minimum absolute atomic E-state index is 0.359. The Balaban J connectivity index is 2.02. The lowest BCUT2D eigenvalue weighted by molar-refractivity contribution is -0.00928. The second-order valence-corrected chi connectivity index (χ2v) is 3.93. The van der Waals surface area contributed by atoms with Gasteiger partial charge in [-0.3, -0.25) is 4.68 Å². The minimum Gasteiger partial charge on any atom is -0.378 e. The maximum absolute atomic E-state index is 5.12. The van der Waals surface area contributed by atoms with Crippen LogP contribution in [-0.4, -0.2) is 29.0 Å². The van der Waals surface area contributed by atoms with E-state index in [2.05, 4.69) is 24.3 Å². The van der Waals surface area contributed by atoms with Crippen molar-refractivity contribution in [3.63, 3.8) is 0 Å². The van der Waals surface area contributed by atoms with Gasteiger partial charge in [-0.25, -0.2) is 0 Å². The van der Waals surface area contributed by atoms with E-state index in [4.69, 9.17) is 4.74 Å². The van der Waals surface area contributed by atoms with Crippen LogP contribution < -0.4 is 5.32 Å². The monoisotopic (exact) mass is 195 g/mol. The highest BCUT2D eigenvalue weighted by molar-refractivity contribution is 5.19. The molecule has 0 aromatic carbocycles. The molecule has 2 heterocycles. The van der Waals surface area contributed by atoms with E-state index < -0.39 is 0 Å². The lowest BCUT2D eigenvalue weighted by Gasteiger charge is -2.30. The van der Waals surface area contributed by atoms with Crippen LogP contribution in [0.15, 0.2) is 6.20 Å². The fraction of sp³-hybridized carbons (Fsp3) is 0.700. The highest BCUT2D eigenvalue weighted by Gasteiger charge is 2.22. The lowest BCUT2D eigenvalue weighted by atomic mass is 10.1. The summed E-state index contributed by atoms with van der Waals surface area (Å²) in [6.07, 6.45) is 1.94. The van der Waals surface area contributed by atoms with Crippen molar-refractivity contribution in [2.75, 3.05) is 13.2 Å². The first-order valence-electron chi connectivity index (χ1n) is 5.00. The van der Waals surface area contributed by atoms with Crippen molar-refractivity contribution in [1.29, 1.82) is 0 Å². The molecule has 1 aromatic heterocycles. The van der Waals surface area contributed by atoms with Gasteiger partial charge < -0.3 is 10.1 Å². The third-order valence-electron chi connectivity index (χ3n) is 2.86. The standard InChI is InChI=1S/C10H17N3O/c1-7(12-9-5-14-6-9)10-4-11-13(3)8(10)2/h4,7,9,12H,5-6H2,1-3H3. The van der Waals surface area contributed by atoms with Crippen molar-refractivity contribution in [2.45, 2.75) is 25.9 Å². The van der Waals surface area contributed by atoms with E-state index in [9.17, 15) is 0 Å². The van der Waals surface area contributed by atoms with Crippen molar-refractivity contribution < 1.29 is 4.74 Å². The number of aromatic nitrogens is 2. The molecule has 1 N–H and O–H groups in total. The van der Waals surface area contributed by atoms with Gasteiger partial charge in [-0.05, 0) is 13.8 Å². The third-order valence-corrected chi connectivity index (χ3v) is 2.86. The summed E-state index contributed by atoms with van der Waals surface area (Å²) in [6.45, 7) is 5.94. The number of nitrogens with zero attached hydrogens (tertiary/aromatic N) is 2. The number of nitrogens with one attached hydrogen (secondary N) is 1. The Morgan fingerprint density at radius 1 is 1.64 bits per heavy atom. The quantitative estimate of drug-likeness (QED) is 0.774. The number of rotatable bonds is 3. The van der Waals surface area contributed by atoms with Crippen molar-refractivity contribution >= 4 is 0 Å². The fourth-order valence-corrected chi connectivity index (χ4v) is 1.72. The van der Waals surface area contributed by atoms with Crippen LogP contribution in [-0.2, 0) is 11.8 Å². The second-order valence-electron chi connectivity index (χ2n) is 3.93. The van der Waals surface area contributed by atoms with Gasteiger partial charge in [0.05, 0.1) is 25.5 Å². The summed E-state index contributed by atoms with van der Waals surface area (Å²) in [5.41, 5.74) is 2.50. The summed E-state index contributed by atoms with van der Waals surface area (Å²) in [6, 6.07) is 0.877. The topological polar surface area (TPSA) is 39.1 Å². The summed E-state index contributed by atoms with van der Waals surface area (Å²) in [5.74, 6) is 0. The maximum atomic E-state index is 5.12. The van der Waals surface area contributed by atoms with Gasteiger partial charge in [0.25, 0.3) is 0 Å². The molecule has 0 radical (unpaired) electrons. The van der Waals surface area contributed by atoms with Gasteiger partial charge in [0, 0.05) is 24.3 Å².